The molecule has 2 heterocycles. The second-order valence-electron chi connectivity index (χ2n) is 7.96. The van der Waals surface area contributed by atoms with E-state index < -0.39 is 41.2 Å². The van der Waals surface area contributed by atoms with Gasteiger partial charge in [0.05, 0.1) is 11.8 Å². The van der Waals surface area contributed by atoms with Gasteiger partial charge in [-0.25, -0.2) is 0 Å². The number of nitrogens with one attached hydrogen (secondary N) is 2. The highest BCUT2D eigenvalue weighted by Gasteiger charge is 2.66. The van der Waals surface area contributed by atoms with Crippen LogP contribution >= 0.6 is 0 Å². The molecule has 4 rings (SSSR count). The van der Waals surface area contributed by atoms with Gasteiger partial charge < -0.3 is 5.11 Å². The lowest BCUT2D eigenvalue weighted by Crippen LogP contribution is -2.56. The summed E-state index contributed by atoms with van der Waals surface area (Å²) in [6.45, 7) is 3.83. The second-order valence-corrected chi connectivity index (χ2v) is 7.96. The van der Waals surface area contributed by atoms with Gasteiger partial charge in [-0.3, -0.25) is 25.0 Å². The molecular formula is C21H22N2O4. The van der Waals surface area contributed by atoms with E-state index in [0.717, 1.165) is 16.3 Å². The van der Waals surface area contributed by atoms with Crippen LogP contribution in [0, 0.1) is 17.8 Å². The predicted octanol–water partition coefficient (Wildman–Crippen LogP) is 2.24. The van der Waals surface area contributed by atoms with Gasteiger partial charge in [-0.15, -0.1) is 0 Å². The summed E-state index contributed by atoms with van der Waals surface area (Å²) < 4.78 is 0. The molecule has 0 aromatic heterocycles. The normalized spacial score (nSPS) is 30.0. The van der Waals surface area contributed by atoms with Crippen LogP contribution in [-0.2, 0) is 14.4 Å². The van der Waals surface area contributed by atoms with Crippen molar-refractivity contribution >= 4 is 28.6 Å². The van der Waals surface area contributed by atoms with Gasteiger partial charge in [0, 0.05) is 6.04 Å². The summed E-state index contributed by atoms with van der Waals surface area (Å²) in [5, 5.41) is 17.7. The minimum Gasteiger partial charge on any atom is -0.480 e. The molecule has 0 radical (unpaired) electrons. The van der Waals surface area contributed by atoms with Crippen molar-refractivity contribution in [2.75, 3.05) is 0 Å². The monoisotopic (exact) mass is 366 g/mol. The van der Waals surface area contributed by atoms with E-state index in [1.807, 2.05) is 56.3 Å². The highest BCUT2D eigenvalue weighted by molar-refractivity contribution is 6.09. The van der Waals surface area contributed by atoms with Crippen molar-refractivity contribution in [1.29, 1.82) is 0 Å². The molecule has 0 spiro atoms. The fourth-order valence-corrected chi connectivity index (χ4v) is 4.73. The van der Waals surface area contributed by atoms with Crippen molar-refractivity contribution in [3.63, 3.8) is 0 Å². The Morgan fingerprint density at radius 2 is 1.81 bits per heavy atom. The summed E-state index contributed by atoms with van der Waals surface area (Å²) in [7, 11) is 0. The lowest BCUT2D eigenvalue weighted by Gasteiger charge is -2.31. The molecule has 4 unspecified atom stereocenters. The minimum atomic E-state index is -1.45. The number of carbonyl (C=O) groups excluding carboxylic acids is 2. The van der Waals surface area contributed by atoms with Crippen molar-refractivity contribution in [1.82, 2.24) is 10.6 Å². The van der Waals surface area contributed by atoms with Gasteiger partial charge in [0.2, 0.25) is 11.8 Å². The van der Waals surface area contributed by atoms with Crippen molar-refractivity contribution in [3.8, 4) is 0 Å². The fourth-order valence-electron chi connectivity index (χ4n) is 4.73. The average Bonchev–Trinajstić information content (AvgIpc) is 3.11. The quantitative estimate of drug-likeness (QED) is 0.722. The van der Waals surface area contributed by atoms with Crippen LogP contribution in [0.3, 0.4) is 0 Å². The van der Waals surface area contributed by atoms with Gasteiger partial charge in [-0.2, -0.15) is 0 Å². The lowest BCUT2D eigenvalue weighted by atomic mass is 9.75. The molecule has 0 bridgehead atoms. The van der Waals surface area contributed by atoms with Crippen LogP contribution in [0.1, 0.15) is 31.9 Å². The van der Waals surface area contributed by atoms with E-state index in [9.17, 15) is 19.5 Å². The summed E-state index contributed by atoms with van der Waals surface area (Å²) in [6.07, 6.45) is 0.272. The van der Waals surface area contributed by atoms with E-state index >= 15 is 0 Å². The third-order valence-electron chi connectivity index (χ3n) is 5.74. The van der Waals surface area contributed by atoms with E-state index in [1.165, 1.54) is 0 Å². The van der Waals surface area contributed by atoms with Gasteiger partial charge in [-0.1, -0.05) is 50.2 Å². The fraction of sp³-hybridized carbons (Fsp3) is 0.381. The van der Waals surface area contributed by atoms with E-state index in [-0.39, 0.29) is 12.3 Å². The van der Waals surface area contributed by atoms with Crippen molar-refractivity contribution in [3.05, 3.63) is 48.0 Å². The third kappa shape index (κ3) is 2.63. The van der Waals surface area contributed by atoms with E-state index in [2.05, 4.69) is 10.6 Å². The molecule has 2 aliphatic heterocycles. The zero-order valence-electron chi connectivity index (χ0n) is 15.2. The smallest absolute Gasteiger partial charge is 0.324 e. The second kappa shape index (κ2) is 6.16. The Bertz CT molecular complexity index is 954. The Labute approximate surface area is 156 Å². The largest absolute Gasteiger partial charge is 0.480 e. The number of rotatable bonds is 4. The Kier molecular flexibility index (Phi) is 4.03. The average molecular weight is 366 g/mol. The molecule has 0 aliphatic carbocycles. The molecule has 2 amide bonds. The molecule has 0 saturated carbocycles. The zero-order chi connectivity index (χ0) is 19.3. The van der Waals surface area contributed by atoms with Crippen LogP contribution in [0.25, 0.3) is 10.8 Å². The minimum absolute atomic E-state index is 0.0492. The lowest BCUT2D eigenvalue weighted by molar-refractivity contribution is -0.150. The highest BCUT2D eigenvalue weighted by atomic mass is 16.4. The van der Waals surface area contributed by atoms with Crippen LogP contribution < -0.4 is 10.6 Å². The van der Waals surface area contributed by atoms with Gasteiger partial charge in [0.25, 0.3) is 0 Å². The molecule has 2 saturated heterocycles. The third-order valence-corrected chi connectivity index (χ3v) is 5.74. The molecule has 2 aliphatic rings. The van der Waals surface area contributed by atoms with Crippen molar-refractivity contribution in [2.24, 2.45) is 17.8 Å². The standard InChI is InChI=1S/C21H22N2O4/c1-11(2)10-21(20(26)27)16-15(18(24)22-19(16)25)17(23-21)14-8-7-12-5-3-4-6-13(12)9-14/h3-9,11,15-17,23H,10H2,1-2H3,(H,26,27)(H,22,24,25). The first kappa shape index (κ1) is 17.7. The topological polar surface area (TPSA) is 95.5 Å². The maximum atomic E-state index is 12.5. The molecule has 2 aromatic rings. The summed E-state index contributed by atoms with van der Waals surface area (Å²) in [4.78, 5) is 37.4. The molecular weight excluding hydrogens is 344 g/mol. The van der Waals surface area contributed by atoms with E-state index in [1.54, 1.807) is 0 Å². The summed E-state index contributed by atoms with van der Waals surface area (Å²) in [5.74, 6) is -3.58. The van der Waals surface area contributed by atoms with Crippen LogP contribution in [0.15, 0.2) is 42.5 Å². The summed E-state index contributed by atoms with van der Waals surface area (Å²) in [5.41, 5.74) is -0.633. The first-order chi connectivity index (χ1) is 12.8. The predicted molar refractivity (Wildman–Crippen MR) is 99.8 cm³/mol. The number of fused-ring (bicyclic) bond motifs is 2. The highest BCUT2D eigenvalue weighted by Crippen LogP contribution is 2.48. The van der Waals surface area contributed by atoms with Crippen LogP contribution in [0.4, 0.5) is 0 Å². The number of imide groups is 1. The van der Waals surface area contributed by atoms with Gasteiger partial charge in [0.1, 0.15) is 5.54 Å². The number of carboxylic acids is 1. The van der Waals surface area contributed by atoms with Crippen LogP contribution in [-0.4, -0.2) is 28.4 Å². The first-order valence-electron chi connectivity index (χ1n) is 9.18. The van der Waals surface area contributed by atoms with Gasteiger partial charge >= 0.3 is 5.97 Å². The number of aliphatic carboxylic acids is 1. The van der Waals surface area contributed by atoms with E-state index in [0.29, 0.717) is 0 Å². The Morgan fingerprint density at radius 3 is 2.48 bits per heavy atom. The molecule has 6 heteroatoms. The molecule has 27 heavy (non-hydrogen) atoms. The molecule has 140 valence electrons. The number of carboxylic acid groups (broad SMARTS) is 1. The maximum Gasteiger partial charge on any atom is 0.324 e. The molecule has 6 nitrogen and oxygen atoms in total. The molecule has 3 N–H and O–H groups in total. The van der Waals surface area contributed by atoms with Crippen LogP contribution in [0.2, 0.25) is 0 Å². The number of benzene rings is 2. The number of hydrogen-bond donors (Lipinski definition) is 3. The Hall–Kier alpha value is -2.73. The van der Waals surface area contributed by atoms with Gasteiger partial charge in [-0.05, 0) is 34.7 Å². The number of carbonyl (C=O) groups is 3. The summed E-state index contributed by atoms with van der Waals surface area (Å²) >= 11 is 0. The molecule has 2 aromatic carbocycles. The molecule has 2 fully saturated rings. The number of amides is 2. The van der Waals surface area contributed by atoms with Crippen molar-refractivity contribution < 1.29 is 19.5 Å². The Morgan fingerprint density at radius 1 is 1.11 bits per heavy atom. The van der Waals surface area contributed by atoms with E-state index in [4.69, 9.17) is 0 Å². The van der Waals surface area contributed by atoms with Crippen LogP contribution in [0.5, 0.6) is 0 Å². The summed E-state index contributed by atoms with van der Waals surface area (Å²) in [6, 6.07) is 13.2. The number of hydrogen-bond acceptors (Lipinski definition) is 4. The Balaban J connectivity index is 1.84. The first-order valence-corrected chi connectivity index (χ1v) is 9.18. The van der Waals surface area contributed by atoms with Gasteiger partial charge in [0.15, 0.2) is 0 Å². The zero-order valence-corrected chi connectivity index (χ0v) is 15.2. The van der Waals surface area contributed by atoms with Crippen molar-refractivity contribution in [2.45, 2.75) is 31.8 Å². The SMILES string of the molecule is CC(C)CC1(C(=O)O)NC(c2ccc3ccccc3c2)C2C(=O)NC(=O)C21. The molecule has 4 atom stereocenters. The maximum absolute atomic E-state index is 12.5.